The molecule has 0 unspecified atom stereocenters. The summed E-state index contributed by atoms with van der Waals surface area (Å²) in [5.74, 6) is 0.595. The Morgan fingerprint density at radius 1 is 1.09 bits per heavy atom. The first-order chi connectivity index (χ1) is 10.7. The van der Waals surface area contributed by atoms with Crippen molar-refractivity contribution >= 4 is 5.91 Å². The average Bonchev–Trinajstić information content (AvgIpc) is 2.90. The molecule has 1 saturated carbocycles. The van der Waals surface area contributed by atoms with Crippen LogP contribution in [0.4, 0.5) is 0 Å². The summed E-state index contributed by atoms with van der Waals surface area (Å²) in [5.41, 5.74) is 1.17. The van der Waals surface area contributed by atoms with E-state index in [0.717, 1.165) is 19.4 Å². The third kappa shape index (κ3) is 3.70. The van der Waals surface area contributed by atoms with Gasteiger partial charge in [-0.15, -0.1) is 0 Å². The maximum absolute atomic E-state index is 12.6. The van der Waals surface area contributed by atoms with E-state index in [0.29, 0.717) is 12.5 Å². The Morgan fingerprint density at radius 2 is 1.82 bits per heavy atom. The van der Waals surface area contributed by atoms with E-state index in [1.165, 1.54) is 37.7 Å². The first-order valence-corrected chi connectivity index (χ1v) is 8.75. The van der Waals surface area contributed by atoms with Crippen molar-refractivity contribution in [1.29, 1.82) is 0 Å². The Kier molecular flexibility index (Phi) is 5.14. The minimum atomic E-state index is -0.448. The zero-order valence-corrected chi connectivity index (χ0v) is 13.3. The van der Waals surface area contributed by atoms with E-state index in [1.54, 1.807) is 0 Å². The maximum Gasteiger partial charge on any atom is 0.228 e. The number of rotatable bonds is 5. The van der Waals surface area contributed by atoms with Crippen LogP contribution in [-0.2, 0) is 11.3 Å². The van der Waals surface area contributed by atoms with E-state index in [-0.39, 0.29) is 11.8 Å². The molecule has 1 saturated heterocycles. The van der Waals surface area contributed by atoms with Gasteiger partial charge in [0.05, 0.1) is 12.0 Å². The van der Waals surface area contributed by atoms with Gasteiger partial charge in [0.2, 0.25) is 5.91 Å². The van der Waals surface area contributed by atoms with Crippen LogP contribution >= 0.6 is 0 Å². The molecule has 2 atom stereocenters. The standard InChI is InChI=1S/C19H27NO2/c21-18(13-15-7-3-1-4-8-15)17-11-12-20(19(17)22)14-16-9-5-2-6-10-16/h2,5-6,9-10,15,17-18,21H,1,3-4,7-8,11-14H2/t17-,18+/m1/s1. The lowest BCUT2D eigenvalue weighted by Gasteiger charge is -2.26. The predicted molar refractivity (Wildman–Crippen MR) is 87.2 cm³/mol. The largest absolute Gasteiger partial charge is 0.392 e. The SMILES string of the molecule is O=C1[C@@H]([C@@H](O)CC2CCCCC2)CCN1Cc1ccccc1. The maximum atomic E-state index is 12.6. The minimum absolute atomic E-state index is 0.146. The van der Waals surface area contributed by atoms with Crippen LogP contribution in [-0.4, -0.2) is 28.6 Å². The van der Waals surface area contributed by atoms with Gasteiger partial charge in [-0.05, 0) is 24.3 Å². The second kappa shape index (κ2) is 7.28. The summed E-state index contributed by atoms with van der Waals surface area (Å²) >= 11 is 0. The van der Waals surface area contributed by atoms with E-state index in [4.69, 9.17) is 0 Å². The molecule has 1 aromatic rings. The number of hydrogen-bond donors (Lipinski definition) is 1. The number of aliphatic hydroxyl groups is 1. The van der Waals surface area contributed by atoms with Crippen LogP contribution in [0.2, 0.25) is 0 Å². The van der Waals surface area contributed by atoms with Gasteiger partial charge in [-0.3, -0.25) is 4.79 Å². The van der Waals surface area contributed by atoms with Gasteiger partial charge in [-0.25, -0.2) is 0 Å². The van der Waals surface area contributed by atoms with E-state index in [9.17, 15) is 9.90 Å². The second-order valence-electron chi connectivity index (χ2n) is 6.95. The molecule has 1 aromatic carbocycles. The Balaban J connectivity index is 1.53. The summed E-state index contributed by atoms with van der Waals surface area (Å²) in [6, 6.07) is 10.1. The molecule has 0 bridgehead atoms. The van der Waals surface area contributed by atoms with Gasteiger partial charge >= 0.3 is 0 Å². The molecule has 1 N–H and O–H groups in total. The molecular weight excluding hydrogens is 274 g/mol. The van der Waals surface area contributed by atoms with Crippen molar-refractivity contribution in [1.82, 2.24) is 4.90 Å². The molecule has 1 aliphatic heterocycles. The molecule has 0 spiro atoms. The molecule has 3 rings (SSSR count). The molecule has 0 aromatic heterocycles. The number of benzene rings is 1. The summed E-state index contributed by atoms with van der Waals surface area (Å²) < 4.78 is 0. The fourth-order valence-corrected chi connectivity index (χ4v) is 4.01. The number of amides is 1. The first-order valence-electron chi connectivity index (χ1n) is 8.75. The number of nitrogens with zero attached hydrogens (tertiary/aromatic N) is 1. The molecule has 3 heteroatoms. The van der Waals surface area contributed by atoms with Gasteiger partial charge in [-0.1, -0.05) is 62.4 Å². The predicted octanol–water partition coefficient (Wildman–Crippen LogP) is 3.37. The van der Waals surface area contributed by atoms with Crippen molar-refractivity contribution in [3.05, 3.63) is 35.9 Å². The van der Waals surface area contributed by atoms with E-state index < -0.39 is 6.10 Å². The highest BCUT2D eigenvalue weighted by molar-refractivity contribution is 5.81. The molecule has 22 heavy (non-hydrogen) atoms. The summed E-state index contributed by atoms with van der Waals surface area (Å²) in [5, 5.41) is 10.5. The van der Waals surface area contributed by atoms with Gasteiger partial charge in [0.25, 0.3) is 0 Å². The quantitative estimate of drug-likeness (QED) is 0.906. The zero-order valence-electron chi connectivity index (χ0n) is 13.3. The molecule has 1 aliphatic carbocycles. The molecule has 1 heterocycles. The Labute approximate surface area is 133 Å². The van der Waals surface area contributed by atoms with E-state index in [1.807, 2.05) is 23.1 Å². The normalized spacial score (nSPS) is 24.7. The molecule has 0 radical (unpaired) electrons. The van der Waals surface area contributed by atoms with Crippen molar-refractivity contribution < 1.29 is 9.90 Å². The average molecular weight is 301 g/mol. The van der Waals surface area contributed by atoms with Crippen LogP contribution in [0.3, 0.4) is 0 Å². The Bertz CT molecular complexity index is 481. The molecule has 2 aliphatic rings. The highest BCUT2D eigenvalue weighted by Crippen LogP contribution is 2.32. The Morgan fingerprint density at radius 3 is 2.55 bits per heavy atom. The highest BCUT2D eigenvalue weighted by Gasteiger charge is 2.37. The minimum Gasteiger partial charge on any atom is -0.392 e. The van der Waals surface area contributed by atoms with Crippen molar-refractivity contribution in [3.8, 4) is 0 Å². The summed E-state index contributed by atoms with van der Waals surface area (Å²) in [7, 11) is 0. The Hall–Kier alpha value is -1.35. The number of aliphatic hydroxyl groups excluding tert-OH is 1. The van der Waals surface area contributed by atoms with E-state index in [2.05, 4.69) is 12.1 Å². The monoisotopic (exact) mass is 301 g/mol. The van der Waals surface area contributed by atoms with Crippen LogP contribution in [0, 0.1) is 11.8 Å². The number of likely N-dealkylation sites (tertiary alicyclic amines) is 1. The summed E-state index contributed by atoms with van der Waals surface area (Å²) in [6.45, 7) is 1.45. The smallest absolute Gasteiger partial charge is 0.228 e. The topological polar surface area (TPSA) is 40.5 Å². The molecule has 3 nitrogen and oxygen atoms in total. The fourth-order valence-electron chi connectivity index (χ4n) is 4.01. The third-order valence-corrected chi connectivity index (χ3v) is 5.32. The van der Waals surface area contributed by atoms with Crippen molar-refractivity contribution in [2.24, 2.45) is 11.8 Å². The van der Waals surface area contributed by atoms with Gasteiger partial charge in [0, 0.05) is 13.1 Å². The summed E-state index contributed by atoms with van der Waals surface area (Å²) in [6.07, 6.45) is 7.54. The first kappa shape index (κ1) is 15.5. The van der Waals surface area contributed by atoms with Gasteiger partial charge in [-0.2, -0.15) is 0 Å². The molecule has 1 amide bonds. The number of carbonyl (C=O) groups excluding carboxylic acids is 1. The van der Waals surface area contributed by atoms with Crippen molar-refractivity contribution in [2.45, 2.75) is 57.6 Å². The molecule has 2 fully saturated rings. The van der Waals surface area contributed by atoms with Crippen molar-refractivity contribution in [2.75, 3.05) is 6.54 Å². The molecular formula is C19H27NO2. The van der Waals surface area contributed by atoms with Gasteiger partial charge < -0.3 is 10.0 Å². The van der Waals surface area contributed by atoms with Crippen LogP contribution in [0.15, 0.2) is 30.3 Å². The summed E-state index contributed by atoms with van der Waals surface area (Å²) in [4.78, 5) is 14.5. The zero-order chi connectivity index (χ0) is 15.4. The highest BCUT2D eigenvalue weighted by atomic mass is 16.3. The molecule has 120 valence electrons. The second-order valence-corrected chi connectivity index (χ2v) is 6.95. The lowest BCUT2D eigenvalue weighted by Crippen LogP contribution is -2.33. The third-order valence-electron chi connectivity index (χ3n) is 5.32. The lowest BCUT2D eigenvalue weighted by molar-refractivity contribution is -0.134. The van der Waals surface area contributed by atoms with Crippen LogP contribution in [0.25, 0.3) is 0 Å². The van der Waals surface area contributed by atoms with Gasteiger partial charge in [0.1, 0.15) is 0 Å². The van der Waals surface area contributed by atoms with Crippen LogP contribution in [0.1, 0.15) is 50.5 Å². The lowest BCUT2D eigenvalue weighted by atomic mass is 9.82. The van der Waals surface area contributed by atoms with Crippen molar-refractivity contribution in [3.63, 3.8) is 0 Å². The number of hydrogen-bond acceptors (Lipinski definition) is 2. The van der Waals surface area contributed by atoms with E-state index >= 15 is 0 Å². The van der Waals surface area contributed by atoms with Crippen LogP contribution in [0.5, 0.6) is 0 Å². The van der Waals surface area contributed by atoms with Gasteiger partial charge in [0.15, 0.2) is 0 Å². The van der Waals surface area contributed by atoms with Crippen LogP contribution < -0.4 is 0 Å². The fraction of sp³-hybridized carbons (Fsp3) is 0.632. The number of carbonyl (C=O) groups is 1.